The van der Waals surface area contributed by atoms with Gasteiger partial charge >= 0.3 is 0 Å². The van der Waals surface area contributed by atoms with Crippen molar-refractivity contribution in [2.45, 2.75) is 268 Å². The van der Waals surface area contributed by atoms with Gasteiger partial charge in [-0.15, -0.1) is 0 Å². The molecule has 3 aliphatic rings. The molecule has 14 atom stereocenters. The molecule has 3 saturated heterocycles. The molecule has 114 heavy (non-hydrogen) atoms. The molecule has 0 spiro atoms. The summed E-state index contributed by atoms with van der Waals surface area (Å²) in [5, 5.41) is 33.7. The molecule has 3 heterocycles. The molecule has 3 fully saturated rings. The minimum atomic E-state index is -1.34. The van der Waals surface area contributed by atoms with Gasteiger partial charge in [0.1, 0.15) is 84.6 Å². The molecule has 2 aromatic carbocycles. The Balaban J connectivity index is 1.62. The van der Waals surface area contributed by atoms with Gasteiger partial charge < -0.3 is 108 Å². The van der Waals surface area contributed by atoms with Crippen LogP contribution in [0.1, 0.15) is 182 Å². The van der Waals surface area contributed by atoms with Crippen molar-refractivity contribution in [1.29, 1.82) is 0 Å². The summed E-state index contributed by atoms with van der Waals surface area (Å²) in [7, 11) is 0. The van der Waals surface area contributed by atoms with Gasteiger partial charge in [0.15, 0.2) is 0 Å². The van der Waals surface area contributed by atoms with E-state index in [9.17, 15) is 57.5 Å². The first-order valence-corrected chi connectivity index (χ1v) is 40.9. The summed E-state index contributed by atoms with van der Waals surface area (Å²) in [5.74, 6) is -12.3. The first-order chi connectivity index (χ1) is 54.4. The first kappa shape index (κ1) is 95.4. The number of hydrogen-bond donors (Lipinski definition) is 18. The van der Waals surface area contributed by atoms with E-state index < -0.39 is 179 Å². The molecule has 5 rings (SSSR count). The van der Waals surface area contributed by atoms with Crippen molar-refractivity contribution < 1.29 is 67.1 Å². The van der Waals surface area contributed by atoms with E-state index in [0.29, 0.717) is 24.0 Å². The van der Waals surface area contributed by atoms with Crippen molar-refractivity contribution >= 4 is 82.7 Å². The largest absolute Gasteiger partial charge is 0.343 e. The van der Waals surface area contributed by atoms with E-state index in [2.05, 4.69) is 63.8 Å². The summed E-state index contributed by atoms with van der Waals surface area (Å²) in [6, 6.07) is -0.673. The number of nitrogens with zero attached hydrogens (tertiary/aromatic N) is 2. The Hall–Kier alpha value is -9.22. The van der Waals surface area contributed by atoms with Gasteiger partial charge in [0.2, 0.25) is 82.7 Å². The molecule has 24 N–H and O–H groups in total. The molecule has 0 aromatic heterocycles. The van der Waals surface area contributed by atoms with Crippen LogP contribution in [0.5, 0.6) is 0 Å². The zero-order valence-electron chi connectivity index (χ0n) is 68.0. The monoisotopic (exact) mass is 1600 g/mol. The minimum absolute atomic E-state index is 0.00551. The average Bonchev–Trinajstić information content (AvgIpc) is 1.79. The number of nitrogens with two attached hydrogens (primary N) is 6. The lowest BCUT2D eigenvalue weighted by Gasteiger charge is -2.32. The minimum Gasteiger partial charge on any atom is -0.343 e. The van der Waals surface area contributed by atoms with Gasteiger partial charge in [-0.3, -0.25) is 67.1 Å². The third kappa shape index (κ3) is 30.5. The normalized spacial score (nSPS) is 26.2. The third-order valence-corrected chi connectivity index (χ3v) is 20.6. The fourth-order valence-electron chi connectivity index (χ4n) is 14.3. The Labute approximate surface area is 671 Å². The van der Waals surface area contributed by atoms with E-state index in [1.807, 2.05) is 27.7 Å². The Kier molecular flexibility index (Phi) is 41.4. The van der Waals surface area contributed by atoms with Crippen molar-refractivity contribution in [3.8, 4) is 0 Å². The van der Waals surface area contributed by atoms with E-state index >= 15 is 9.59 Å². The maximum absolute atomic E-state index is 15.2. The predicted octanol–water partition coefficient (Wildman–Crippen LogP) is -1.88. The number of rotatable bonds is 28. The lowest BCUT2D eigenvalue weighted by Crippen LogP contribution is -2.62. The lowest BCUT2D eigenvalue weighted by molar-refractivity contribution is -0.142. The Bertz CT molecular complexity index is 3240. The van der Waals surface area contributed by atoms with Crippen LogP contribution >= 0.6 is 0 Å². The number of benzene rings is 2. The molecule has 34 heteroatoms. The predicted molar refractivity (Wildman–Crippen MR) is 431 cm³/mol. The Morgan fingerprint density at radius 1 is 0.298 bits per heavy atom. The highest BCUT2D eigenvalue weighted by molar-refractivity contribution is 6.01. The first-order valence-electron chi connectivity index (χ1n) is 40.9. The molecule has 3 aliphatic heterocycles. The Morgan fingerprint density at radius 2 is 0.526 bits per heavy atom. The maximum atomic E-state index is 15.2. The van der Waals surface area contributed by atoms with Crippen LogP contribution in [-0.2, 0) is 80.0 Å². The van der Waals surface area contributed by atoms with Crippen LogP contribution in [0.15, 0.2) is 60.7 Å². The second kappa shape index (κ2) is 49.5. The number of hydrogen-bond acceptors (Lipinski definition) is 20. The highest BCUT2D eigenvalue weighted by atomic mass is 16.2. The van der Waals surface area contributed by atoms with Crippen LogP contribution in [0.4, 0.5) is 0 Å². The van der Waals surface area contributed by atoms with Crippen molar-refractivity contribution in [2.75, 3.05) is 52.4 Å². The second-order valence-electron chi connectivity index (χ2n) is 31.7. The van der Waals surface area contributed by atoms with E-state index in [-0.39, 0.29) is 180 Å². The standard InChI is InChI=1S/C80H132N20O14/c1-47(2)43-59-73(107)87-53(27-15-35-81)69(103)95-61(45-51-23-11-9-12-24-51)79(113)99-41-21-33-63(99)75(109)90-58(32-20-40-86)72(106)98-66(50(7)8)78(112)92-56(30-18-38-84)68(102)94-60(44-48(3)4)74(108)88-54(28-16-36-82)70(104)96-62(46-52-25-13-10-14-26-52)80(114)100-42-22-34-64(100)76(110)89-57(31-19-39-85)71(105)97-65(49(5)6)77(111)91-55(29-17-37-83)67(101)93-59/h9-14,23-26,47-50,53-66H,15-22,27-46,81-86H2,1-8H3,(H,87,107)(H,88,108)(H,89,110)(H,90,109)(H,91,111)(H,92,112)(H,93,101)(H,94,102)(H,95,103)(H,96,104)(H,97,105)(H,98,106)/t53-,54-,55-,56-,57-,58-,59-,60-,61+,62+,63-,64-,65-,66-/m0/s1. The fraction of sp³-hybridized carbons (Fsp3) is 0.675. The number of amides is 14. The summed E-state index contributed by atoms with van der Waals surface area (Å²) in [6.07, 6.45) is 2.18. The molecule has 0 radical (unpaired) electrons. The van der Waals surface area contributed by atoms with Crippen LogP contribution < -0.4 is 98.2 Å². The molecule has 14 amide bonds. The van der Waals surface area contributed by atoms with Crippen LogP contribution in [0.2, 0.25) is 0 Å². The molecule has 0 saturated carbocycles. The van der Waals surface area contributed by atoms with E-state index in [4.69, 9.17) is 34.4 Å². The van der Waals surface area contributed by atoms with Crippen LogP contribution in [0, 0.1) is 23.7 Å². The lowest BCUT2D eigenvalue weighted by atomic mass is 9.99. The fourth-order valence-corrected chi connectivity index (χ4v) is 14.3. The van der Waals surface area contributed by atoms with Crippen LogP contribution in [-0.4, -0.2) is 229 Å². The van der Waals surface area contributed by atoms with Gasteiger partial charge in [-0.05, 0) is 190 Å². The molecule has 636 valence electrons. The quantitative estimate of drug-likeness (QED) is 0.0443. The summed E-state index contributed by atoms with van der Waals surface area (Å²) in [5.41, 5.74) is 37.2. The number of nitrogens with one attached hydrogen (secondary N) is 12. The molecular weight excluding hydrogens is 1470 g/mol. The van der Waals surface area contributed by atoms with Gasteiger partial charge in [0.25, 0.3) is 0 Å². The van der Waals surface area contributed by atoms with Gasteiger partial charge in [0, 0.05) is 25.9 Å². The maximum Gasteiger partial charge on any atom is 0.246 e. The SMILES string of the molecule is CC(C)C[C@@H]1NC(=O)[C@H](CCCN)NC(=O)[C@H](C(C)C)NC(=O)[C@H](CCCN)NC(=O)[C@@H]2CCCN2C(=O)[C@@H](Cc2ccccc2)NC(=O)[C@H](CCCN)NC(=O)[C@H](CC(C)C)NC(=O)[C@H](CCCN)NC(=O)[C@H](C(C)C)NC(=O)[C@H](CCCN)NC(=O)[C@@H]2CCCN2C(=O)[C@@H](Cc2ccccc2)NC(=O)[C@H](CCCN)NC1=O. The van der Waals surface area contributed by atoms with E-state index in [0.717, 1.165) is 0 Å². The molecule has 0 bridgehead atoms. The average molecular weight is 1600 g/mol. The van der Waals surface area contributed by atoms with Crippen LogP contribution in [0.25, 0.3) is 0 Å². The molecule has 0 aliphatic carbocycles. The molecule has 0 unspecified atom stereocenters. The number of carbonyl (C=O) groups is 14. The van der Waals surface area contributed by atoms with Crippen molar-refractivity contribution in [1.82, 2.24) is 73.6 Å². The highest BCUT2D eigenvalue weighted by Crippen LogP contribution is 2.24. The number of carbonyl (C=O) groups excluding carboxylic acids is 14. The zero-order chi connectivity index (χ0) is 84.1. The molecule has 2 aromatic rings. The topological polar surface area (TPSA) is 546 Å². The summed E-state index contributed by atoms with van der Waals surface area (Å²) in [4.78, 5) is 210. The summed E-state index contributed by atoms with van der Waals surface area (Å²) >= 11 is 0. The summed E-state index contributed by atoms with van der Waals surface area (Å²) in [6.45, 7) is 14.6. The van der Waals surface area contributed by atoms with Crippen molar-refractivity contribution in [2.24, 2.45) is 58.1 Å². The summed E-state index contributed by atoms with van der Waals surface area (Å²) < 4.78 is 0. The zero-order valence-corrected chi connectivity index (χ0v) is 68.0. The van der Waals surface area contributed by atoms with E-state index in [1.165, 1.54) is 9.80 Å². The number of fused-ring (bicyclic) bond motifs is 2. The van der Waals surface area contributed by atoms with Crippen molar-refractivity contribution in [3.05, 3.63) is 71.8 Å². The smallest absolute Gasteiger partial charge is 0.246 e. The second-order valence-corrected chi connectivity index (χ2v) is 31.7. The van der Waals surface area contributed by atoms with Crippen molar-refractivity contribution in [3.63, 3.8) is 0 Å². The van der Waals surface area contributed by atoms with Gasteiger partial charge in [-0.25, -0.2) is 0 Å². The molecular formula is C80H132N20O14. The van der Waals surface area contributed by atoms with E-state index in [1.54, 1.807) is 88.4 Å². The highest BCUT2D eigenvalue weighted by Gasteiger charge is 2.44. The third-order valence-electron chi connectivity index (χ3n) is 20.6. The van der Waals surface area contributed by atoms with Gasteiger partial charge in [0.05, 0.1) is 0 Å². The van der Waals surface area contributed by atoms with Gasteiger partial charge in [-0.2, -0.15) is 0 Å². The van der Waals surface area contributed by atoms with Crippen LogP contribution in [0.3, 0.4) is 0 Å². The molecule has 34 nitrogen and oxygen atoms in total. The van der Waals surface area contributed by atoms with Gasteiger partial charge in [-0.1, -0.05) is 116 Å². The Morgan fingerprint density at radius 3 is 0.781 bits per heavy atom.